The molecule has 0 aliphatic heterocycles. The van der Waals surface area contributed by atoms with Crippen molar-refractivity contribution >= 4 is 0 Å². The van der Waals surface area contributed by atoms with Gasteiger partial charge >= 0.3 is 6.18 Å². The lowest BCUT2D eigenvalue weighted by molar-refractivity contribution is -0.137. The number of aromatic nitrogens is 3. The summed E-state index contributed by atoms with van der Waals surface area (Å²) in [5.41, 5.74) is 0.378. The molecule has 112 valence electrons. The molecule has 1 N–H and O–H groups in total. The average molecular weight is 296 g/mol. The van der Waals surface area contributed by atoms with Gasteiger partial charge in [0.2, 0.25) is 0 Å². The highest BCUT2D eigenvalue weighted by molar-refractivity contribution is 5.36. The predicted octanol–water partition coefficient (Wildman–Crippen LogP) is 2.79. The summed E-state index contributed by atoms with van der Waals surface area (Å²) in [4.78, 5) is 0. The molecule has 1 aromatic heterocycles. The van der Waals surface area contributed by atoms with E-state index >= 15 is 0 Å². The fourth-order valence-corrected chi connectivity index (χ4v) is 2.06. The van der Waals surface area contributed by atoms with E-state index in [2.05, 4.69) is 15.6 Å². The Bertz CT molecular complexity index is 617. The number of alkyl halides is 3. The maximum Gasteiger partial charge on any atom is 0.416 e. The number of rotatable bonds is 5. The van der Waals surface area contributed by atoms with Gasteiger partial charge in [-0.1, -0.05) is 11.3 Å². The molecule has 21 heavy (non-hydrogen) atoms. The van der Waals surface area contributed by atoms with Crippen LogP contribution in [-0.2, 0) is 12.7 Å². The number of nitrogens with one attached hydrogen (secondary N) is 1. The summed E-state index contributed by atoms with van der Waals surface area (Å²) < 4.78 is 39.4. The van der Waals surface area contributed by atoms with Gasteiger partial charge in [-0.05, 0) is 43.5 Å². The van der Waals surface area contributed by atoms with Crippen LogP contribution >= 0.6 is 0 Å². The van der Waals surface area contributed by atoms with Crippen LogP contribution in [0, 0.1) is 5.92 Å². The molecule has 0 radical (unpaired) electrons. The van der Waals surface area contributed by atoms with E-state index in [9.17, 15) is 13.2 Å². The van der Waals surface area contributed by atoms with Crippen molar-refractivity contribution in [3.05, 3.63) is 41.7 Å². The second-order valence-electron chi connectivity index (χ2n) is 5.28. The van der Waals surface area contributed by atoms with Crippen LogP contribution in [0.2, 0.25) is 0 Å². The molecule has 1 aromatic carbocycles. The summed E-state index contributed by atoms with van der Waals surface area (Å²) in [5.74, 6) is 0.767. The Morgan fingerprint density at radius 1 is 1.29 bits per heavy atom. The highest BCUT2D eigenvalue weighted by atomic mass is 19.4. The predicted molar refractivity (Wildman–Crippen MR) is 70.8 cm³/mol. The molecule has 0 atom stereocenters. The van der Waals surface area contributed by atoms with E-state index in [1.165, 1.54) is 23.6 Å². The molecule has 1 aliphatic rings. The minimum atomic E-state index is -4.36. The van der Waals surface area contributed by atoms with Gasteiger partial charge in [-0.25, -0.2) is 4.68 Å². The number of nitrogens with zero attached hydrogens (tertiary/aromatic N) is 3. The quantitative estimate of drug-likeness (QED) is 0.922. The van der Waals surface area contributed by atoms with Gasteiger partial charge in [0.1, 0.15) is 0 Å². The van der Waals surface area contributed by atoms with Gasteiger partial charge in [0.25, 0.3) is 0 Å². The molecule has 1 aliphatic carbocycles. The molecule has 3 rings (SSSR count). The van der Waals surface area contributed by atoms with Crippen molar-refractivity contribution in [3.63, 3.8) is 0 Å². The molecular weight excluding hydrogens is 281 g/mol. The SMILES string of the molecule is FC(F)(F)c1cccc(-n2cc(CNCC3CC3)nn2)c1. The molecule has 0 unspecified atom stereocenters. The zero-order chi connectivity index (χ0) is 14.9. The zero-order valence-corrected chi connectivity index (χ0v) is 11.3. The summed E-state index contributed by atoms with van der Waals surface area (Å²) in [5, 5.41) is 11.1. The minimum Gasteiger partial charge on any atom is -0.311 e. The number of benzene rings is 1. The lowest BCUT2D eigenvalue weighted by Crippen LogP contribution is -2.16. The second-order valence-corrected chi connectivity index (χ2v) is 5.28. The summed E-state index contributed by atoms with van der Waals surface area (Å²) in [6.45, 7) is 1.53. The average Bonchev–Trinajstić information content (AvgIpc) is 3.14. The fourth-order valence-electron chi connectivity index (χ4n) is 2.06. The molecular formula is C14H15F3N4. The molecule has 0 amide bonds. The van der Waals surface area contributed by atoms with Gasteiger partial charge in [-0.15, -0.1) is 5.10 Å². The third-order valence-electron chi connectivity index (χ3n) is 3.41. The van der Waals surface area contributed by atoms with Crippen LogP contribution in [0.15, 0.2) is 30.5 Å². The largest absolute Gasteiger partial charge is 0.416 e. The molecule has 1 saturated carbocycles. The Hall–Kier alpha value is -1.89. The minimum absolute atomic E-state index is 0.353. The van der Waals surface area contributed by atoms with Gasteiger partial charge in [-0.3, -0.25) is 0 Å². The Kier molecular flexibility index (Phi) is 3.67. The van der Waals surface area contributed by atoms with E-state index in [0.29, 0.717) is 17.9 Å². The summed E-state index contributed by atoms with van der Waals surface area (Å²) in [6, 6.07) is 5.05. The van der Waals surface area contributed by atoms with Crippen LogP contribution in [-0.4, -0.2) is 21.5 Å². The van der Waals surface area contributed by atoms with Crippen molar-refractivity contribution < 1.29 is 13.2 Å². The Labute approximate surface area is 120 Å². The van der Waals surface area contributed by atoms with Gasteiger partial charge in [-0.2, -0.15) is 13.2 Å². The molecule has 0 spiro atoms. The van der Waals surface area contributed by atoms with Crippen molar-refractivity contribution in [2.45, 2.75) is 25.6 Å². The monoisotopic (exact) mass is 296 g/mol. The van der Waals surface area contributed by atoms with Gasteiger partial charge < -0.3 is 5.32 Å². The van der Waals surface area contributed by atoms with Gasteiger partial charge in [0, 0.05) is 6.54 Å². The highest BCUT2D eigenvalue weighted by Gasteiger charge is 2.30. The normalized spacial score (nSPS) is 15.4. The molecule has 2 aromatic rings. The van der Waals surface area contributed by atoms with Crippen LogP contribution in [0.5, 0.6) is 0 Å². The number of hydrogen-bond donors (Lipinski definition) is 1. The van der Waals surface area contributed by atoms with Crippen LogP contribution in [0.4, 0.5) is 13.2 Å². The van der Waals surface area contributed by atoms with Crippen molar-refractivity contribution in [3.8, 4) is 5.69 Å². The van der Waals surface area contributed by atoms with E-state index in [-0.39, 0.29) is 0 Å². The van der Waals surface area contributed by atoms with E-state index < -0.39 is 11.7 Å². The summed E-state index contributed by atoms with van der Waals surface area (Å²) in [7, 11) is 0. The maximum atomic E-state index is 12.7. The molecule has 1 heterocycles. The molecule has 0 bridgehead atoms. The smallest absolute Gasteiger partial charge is 0.311 e. The van der Waals surface area contributed by atoms with E-state index in [4.69, 9.17) is 0 Å². The van der Waals surface area contributed by atoms with E-state index in [1.54, 1.807) is 12.3 Å². The topological polar surface area (TPSA) is 42.7 Å². The van der Waals surface area contributed by atoms with Crippen LogP contribution in [0.1, 0.15) is 24.1 Å². The molecule has 1 fully saturated rings. The van der Waals surface area contributed by atoms with E-state index in [0.717, 1.165) is 24.6 Å². The number of halogens is 3. The fraction of sp³-hybridized carbons (Fsp3) is 0.429. The highest BCUT2D eigenvalue weighted by Crippen LogP contribution is 2.30. The van der Waals surface area contributed by atoms with Crippen molar-refractivity contribution in [2.24, 2.45) is 5.92 Å². The Balaban J connectivity index is 1.70. The maximum absolute atomic E-state index is 12.7. The van der Waals surface area contributed by atoms with Crippen LogP contribution < -0.4 is 5.32 Å². The standard InChI is InChI=1S/C14H15F3N4/c15-14(16,17)11-2-1-3-13(6-11)21-9-12(19-20-21)8-18-7-10-4-5-10/h1-3,6,9-10,18H,4-5,7-8H2. The van der Waals surface area contributed by atoms with Gasteiger partial charge in [0.15, 0.2) is 0 Å². The second kappa shape index (κ2) is 5.48. The lowest BCUT2D eigenvalue weighted by Gasteiger charge is -2.08. The first-order valence-electron chi connectivity index (χ1n) is 6.82. The van der Waals surface area contributed by atoms with Crippen molar-refractivity contribution in [1.29, 1.82) is 0 Å². The first-order chi connectivity index (χ1) is 10.0. The first-order valence-corrected chi connectivity index (χ1v) is 6.82. The van der Waals surface area contributed by atoms with E-state index in [1.807, 2.05) is 0 Å². The van der Waals surface area contributed by atoms with Crippen LogP contribution in [0.3, 0.4) is 0 Å². The Morgan fingerprint density at radius 3 is 2.81 bits per heavy atom. The number of hydrogen-bond acceptors (Lipinski definition) is 3. The Morgan fingerprint density at radius 2 is 2.10 bits per heavy atom. The molecule has 4 nitrogen and oxygen atoms in total. The van der Waals surface area contributed by atoms with Crippen molar-refractivity contribution in [1.82, 2.24) is 20.3 Å². The first kappa shape index (κ1) is 14.1. The molecule has 7 heteroatoms. The van der Waals surface area contributed by atoms with Crippen LogP contribution in [0.25, 0.3) is 5.69 Å². The molecule has 0 saturated heterocycles. The lowest BCUT2D eigenvalue weighted by atomic mass is 10.2. The third kappa shape index (κ3) is 3.60. The zero-order valence-electron chi connectivity index (χ0n) is 11.3. The third-order valence-corrected chi connectivity index (χ3v) is 3.41. The van der Waals surface area contributed by atoms with Crippen molar-refractivity contribution in [2.75, 3.05) is 6.54 Å². The summed E-state index contributed by atoms with van der Waals surface area (Å²) in [6.07, 6.45) is -0.172. The van der Waals surface area contributed by atoms with Gasteiger partial charge in [0.05, 0.1) is 23.1 Å². The summed E-state index contributed by atoms with van der Waals surface area (Å²) >= 11 is 0.